The predicted octanol–water partition coefficient (Wildman–Crippen LogP) is 1.19. The molecule has 0 aliphatic rings. The number of hydrogen-bond acceptors (Lipinski definition) is 3. The number of hydrogen-bond donors (Lipinski definition) is 1. The number of rotatable bonds is 6. The summed E-state index contributed by atoms with van der Waals surface area (Å²) in [6, 6.07) is 0. The van der Waals surface area contributed by atoms with Crippen molar-refractivity contribution in [2.24, 2.45) is 0 Å². The number of unbranched alkanes of at least 4 members (excludes halogenated alkanes) is 1. The Hall–Kier alpha value is -0.400. The van der Waals surface area contributed by atoms with Gasteiger partial charge in [-0.1, -0.05) is 0 Å². The van der Waals surface area contributed by atoms with Crippen molar-refractivity contribution < 1.29 is 14.6 Å². The highest BCUT2D eigenvalue weighted by molar-refractivity contribution is 7.54. The first-order valence-corrected chi connectivity index (χ1v) is 6.11. The van der Waals surface area contributed by atoms with Crippen LogP contribution in [-0.4, -0.2) is 37.0 Å². The summed E-state index contributed by atoms with van der Waals surface area (Å²) in [6.07, 6.45) is 5.98. The molecule has 1 unspecified atom stereocenters. The van der Waals surface area contributed by atoms with Gasteiger partial charge in [-0.3, -0.25) is 4.79 Å². The van der Waals surface area contributed by atoms with Gasteiger partial charge in [-0.15, -0.1) is 0 Å². The number of aliphatic hydroxyl groups excluding tert-OH is 1. The maximum atomic E-state index is 10.9. The average molecular weight is 191 g/mol. The minimum atomic E-state index is -0.394. The smallest absolute Gasteiger partial charge is 0.309 e. The van der Waals surface area contributed by atoms with Gasteiger partial charge in [0.2, 0.25) is 6.35 Å². The van der Waals surface area contributed by atoms with Crippen LogP contribution in [0.3, 0.4) is 0 Å². The van der Waals surface area contributed by atoms with E-state index < -0.39 is 7.55 Å². The van der Waals surface area contributed by atoms with Crippen LogP contribution in [0.2, 0.25) is 0 Å². The zero-order valence-electron chi connectivity index (χ0n) is 7.45. The van der Waals surface area contributed by atoms with Gasteiger partial charge in [-0.25, -0.2) is 0 Å². The van der Waals surface area contributed by atoms with Crippen molar-refractivity contribution in [1.82, 2.24) is 0 Å². The number of ether oxygens (including phenoxy) is 1. The molecule has 0 radical (unpaired) electrons. The van der Waals surface area contributed by atoms with E-state index in [0.29, 0.717) is 25.6 Å². The van der Waals surface area contributed by atoms with E-state index in [1.54, 1.807) is 0 Å². The fourth-order valence-electron chi connectivity index (χ4n) is 0.635. The Labute approximate surface area is 74.1 Å². The standard InChI is InChI=1S/C8H16O3P/c1-12(2)7-11-8(10)5-3-4-6-9/h9H,1,3-7H2,2H3/q+1. The summed E-state index contributed by atoms with van der Waals surface area (Å²) in [4.78, 5) is 10.9. The van der Waals surface area contributed by atoms with Gasteiger partial charge in [0.05, 0.1) is 13.0 Å². The molecule has 0 rings (SSSR count). The van der Waals surface area contributed by atoms with Crippen LogP contribution in [0.15, 0.2) is 0 Å². The monoisotopic (exact) mass is 191 g/mol. The molecule has 0 fully saturated rings. The fourth-order valence-corrected chi connectivity index (χ4v) is 1.000. The molecule has 0 aliphatic heterocycles. The van der Waals surface area contributed by atoms with Crippen LogP contribution in [0, 0.1) is 0 Å². The number of carbonyl (C=O) groups excluding carboxylic acids is 1. The minimum absolute atomic E-state index is 0.142. The van der Waals surface area contributed by atoms with E-state index >= 15 is 0 Å². The van der Waals surface area contributed by atoms with Crippen molar-refractivity contribution >= 4 is 19.8 Å². The normalized spacial score (nSPS) is 11.0. The fraction of sp³-hybridized carbons (Fsp3) is 0.750. The summed E-state index contributed by atoms with van der Waals surface area (Å²) in [5.41, 5.74) is 0. The molecule has 0 aliphatic carbocycles. The van der Waals surface area contributed by atoms with Crippen LogP contribution >= 0.6 is 7.55 Å². The second-order valence-corrected chi connectivity index (χ2v) is 4.65. The number of esters is 1. The first-order chi connectivity index (χ1) is 5.66. The first-order valence-electron chi connectivity index (χ1n) is 3.95. The Kier molecular flexibility index (Phi) is 7.02. The second-order valence-electron chi connectivity index (χ2n) is 2.68. The lowest BCUT2D eigenvalue weighted by Crippen LogP contribution is -2.03. The van der Waals surface area contributed by atoms with Gasteiger partial charge < -0.3 is 9.84 Å². The third-order valence-electron chi connectivity index (χ3n) is 1.23. The van der Waals surface area contributed by atoms with Gasteiger partial charge in [0.25, 0.3) is 0 Å². The zero-order chi connectivity index (χ0) is 9.40. The molecule has 0 bridgehead atoms. The maximum absolute atomic E-state index is 10.9. The highest BCUT2D eigenvalue weighted by atomic mass is 31.1. The summed E-state index contributed by atoms with van der Waals surface area (Å²) < 4.78 is 4.90. The van der Waals surface area contributed by atoms with E-state index in [9.17, 15) is 4.79 Å². The third kappa shape index (κ3) is 7.70. The first kappa shape index (κ1) is 11.6. The largest absolute Gasteiger partial charge is 0.423 e. The molecule has 0 aromatic heterocycles. The molecule has 3 nitrogen and oxygen atoms in total. The van der Waals surface area contributed by atoms with Crippen LogP contribution < -0.4 is 0 Å². The molecule has 12 heavy (non-hydrogen) atoms. The molecular weight excluding hydrogens is 175 g/mol. The zero-order valence-corrected chi connectivity index (χ0v) is 8.35. The number of carbonyl (C=O) groups is 1. The van der Waals surface area contributed by atoms with E-state index in [0.717, 1.165) is 0 Å². The van der Waals surface area contributed by atoms with Crippen molar-refractivity contribution in [3.05, 3.63) is 0 Å². The minimum Gasteiger partial charge on any atom is -0.423 e. The van der Waals surface area contributed by atoms with Crippen LogP contribution in [0.4, 0.5) is 0 Å². The Balaban J connectivity index is 3.28. The Morgan fingerprint density at radius 3 is 2.75 bits per heavy atom. The molecular formula is C8H16O3P+. The van der Waals surface area contributed by atoms with Crippen molar-refractivity contribution in [2.75, 3.05) is 19.6 Å². The van der Waals surface area contributed by atoms with Crippen molar-refractivity contribution in [1.29, 1.82) is 0 Å². The van der Waals surface area contributed by atoms with Gasteiger partial charge in [-0.05, 0) is 12.8 Å². The van der Waals surface area contributed by atoms with Gasteiger partial charge in [0.1, 0.15) is 7.55 Å². The van der Waals surface area contributed by atoms with Crippen LogP contribution in [0.5, 0.6) is 0 Å². The Morgan fingerprint density at radius 1 is 1.58 bits per heavy atom. The quantitative estimate of drug-likeness (QED) is 0.389. The molecule has 1 atom stereocenters. The molecule has 1 N–H and O–H groups in total. The SMILES string of the molecule is C=[P+](C)COC(=O)CCCCO. The van der Waals surface area contributed by atoms with E-state index in [4.69, 9.17) is 9.84 Å². The van der Waals surface area contributed by atoms with E-state index in [1.165, 1.54) is 0 Å². The summed E-state index contributed by atoms with van der Waals surface area (Å²) in [6.45, 7) is 2.10. The number of aliphatic hydroxyl groups is 1. The van der Waals surface area contributed by atoms with Crippen molar-refractivity contribution in [3.8, 4) is 0 Å². The molecule has 0 aromatic carbocycles. The second kappa shape index (κ2) is 7.26. The van der Waals surface area contributed by atoms with Gasteiger partial charge >= 0.3 is 5.97 Å². The molecule has 0 heterocycles. The highest BCUT2D eigenvalue weighted by Crippen LogP contribution is 2.12. The predicted molar refractivity (Wildman–Crippen MR) is 51.9 cm³/mol. The van der Waals surface area contributed by atoms with Gasteiger partial charge in [-0.2, -0.15) is 0 Å². The van der Waals surface area contributed by atoms with Crippen LogP contribution in [0.1, 0.15) is 19.3 Å². The van der Waals surface area contributed by atoms with Gasteiger partial charge in [0, 0.05) is 13.0 Å². The lowest BCUT2D eigenvalue weighted by molar-refractivity contribution is -0.141. The third-order valence-corrected chi connectivity index (χ3v) is 1.80. The Bertz CT molecular complexity index is 156. The molecule has 0 amide bonds. The van der Waals surface area contributed by atoms with Crippen molar-refractivity contribution in [2.45, 2.75) is 19.3 Å². The molecule has 0 saturated heterocycles. The van der Waals surface area contributed by atoms with Crippen molar-refractivity contribution in [3.63, 3.8) is 0 Å². The lowest BCUT2D eigenvalue weighted by atomic mass is 10.2. The molecule has 4 heteroatoms. The average Bonchev–Trinajstić information content (AvgIpc) is 2.01. The summed E-state index contributed by atoms with van der Waals surface area (Å²) in [7, 11) is -0.394. The van der Waals surface area contributed by atoms with Gasteiger partial charge in [0.15, 0.2) is 0 Å². The van der Waals surface area contributed by atoms with E-state index in [-0.39, 0.29) is 12.6 Å². The van der Waals surface area contributed by atoms with E-state index in [2.05, 4.69) is 6.30 Å². The topological polar surface area (TPSA) is 46.5 Å². The maximum Gasteiger partial charge on any atom is 0.309 e. The lowest BCUT2D eigenvalue weighted by Gasteiger charge is -1.98. The highest BCUT2D eigenvalue weighted by Gasteiger charge is 2.05. The molecule has 0 saturated carbocycles. The summed E-state index contributed by atoms with van der Waals surface area (Å²) in [5, 5.41) is 8.44. The molecule has 0 aromatic rings. The Morgan fingerprint density at radius 2 is 2.25 bits per heavy atom. The van der Waals surface area contributed by atoms with E-state index in [1.807, 2.05) is 6.66 Å². The molecule has 70 valence electrons. The van der Waals surface area contributed by atoms with Crippen LogP contribution in [-0.2, 0) is 9.53 Å². The molecule has 0 spiro atoms. The summed E-state index contributed by atoms with van der Waals surface area (Å²) >= 11 is 0. The van der Waals surface area contributed by atoms with Crippen LogP contribution in [0.25, 0.3) is 0 Å². The summed E-state index contributed by atoms with van der Waals surface area (Å²) in [5.74, 6) is -0.179.